The number of nitrogens with zero attached hydrogens (tertiary/aromatic N) is 5. The van der Waals surface area contributed by atoms with E-state index < -0.39 is 0 Å². The molecule has 0 bridgehead atoms. The molecule has 2 N–H and O–H groups in total. The van der Waals surface area contributed by atoms with Gasteiger partial charge in [-0.05, 0) is 26.0 Å². The molecule has 98 valence electrons. The Morgan fingerprint density at radius 2 is 2.32 bits per heavy atom. The summed E-state index contributed by atoms with van der Waals surface area (Å²) in [5.74, 6) is 0.659. The zero-order valence-corrected chi connectivity index (χ0v) is 10.8. The zero-order valence-electron chi connectivity index (χ0n) is 10.8. The summed E-state index contributed by atoms with van der Waals surface area (Å²) in [4.78, 5) is 4.53. The lowest BCUT2D eigenvalue weighted by molar-refractivity contribution is 0.538. The molecule has 3 aromatic rings. The van der Waals surface area contributed by atoms with Crippen LogP contribution in [-0.4, -0.2) is 30.0 Å². The van der Waals surface area contributed by atoms with Gasteiger partial charge in [0.2, 0.25) is 0 Å². The third-order valence-corrected chi connectivity index (χ3v) is 3.15. The molecule has 0 radical (unpaired) electrons. The number of nitrogens with one attached hydrogen (secondary N) is 2. The molecule has 3 aromatic heterocycles. The van der Waals surface area contributed by atoms with Crippen molar-refractivity contribution in [2.45, 2.75) is 26.4 Å². The Morgan fingerprint density at radius 3 is 3.11 bits per heavy atom. The van der Waals surface area contributed by atoms with Crippen LogP contribution >= 0.6 is 0 Å². The molecule has 7 heteroatoms. The van der Waals surface area contributed by atoms with Crippen LogP contribution in [0, 0.1) is 6.92 Å². The first-order valence-electron chi connectivity index (χ1n) is 6.15. The zero-order chi connectivity index (χ0) is 13.2. The van der Waals surface area contributed by atoms with Gasteiger partial charge in [0.05, 0.1) is 17.4 Å². The fourth-order valence-electron chi connectivity index (χ4n) is 2.07. The maximum absolute atomic E-state index is 4.53. The van der Waals surface area contributed by atoms with Gasteiger partial charge in [-0.25, -0.2) is 4.98 Å². The number of hydrogen-bond acceptors (Lipinski definition) is 5. The van der Waals surface area contributed by atoms with Crippen molar-refractivity contribution in [2.75, 3.05) is 0 Å². The van der Waals surface area contributed by atoms with Gasteiger partial charge in [-0.3, -0.25) is 0 Å². The van der Waals surface area contributed by atoms with E-state index in [4.69, 9.17) is 0 Å². The highest BCUT2D eigenvalue weighted by molar-refractivity contribution is 5.42. The van der Waals surface area contributed by atoms with E-state index in [0.717, 1.165) is 17.0 Å². The van der Waals surface area contributed by atoms with Crippen LogP contribution in [0.3, 0.4) is 0 Å². The van der Waals surface area contributed by atoms with Crippen molar-refractivity contribution < 1.29 is 0 Å². The van der Waals surface area contributed by atoms with E-state index in [1.54, 1.807) is 0 Å². The van der Waals surface area contributed by atoms with E-state index in [0.29, 0.717) is 12.4 Å². The molecule has 0 saturated heterocycles. The Bertz CT molecular complexity index is 671. The van der Waals surface area contributed by atoms with Crippen LogP contribution in [0.2, 0.25) is 0 Å². The minimum Gasteiger partial charge on any atom is -0.302 e. The van der Waals surface area contributed by atoms with Crippen molar-refractivity contribution in [2.24, 2.45) is 0 Å². The van der Waals surface area contributed by atoms with Crippen molar-refractivity contribution in [1.82, 2.24) is 35.3 Å². The maximum atomic E-state index is 4.53. The Balaban J connectivity index is 1.80. The van der Waals surface area contributed by atoms with Crippen LogP contribution < -0.4 is 5.32 Å². The van der Waals surface area contributed by atoms with E-state index in [2.05, 4.69) is 35.3 Å². The number of rotatable bonds is 4. The minimum atomic E-state index is 0.0346. The predicted octanol–water partition coefficient (Wildman–Crippen LogP) is 1.01. The van der Waals surface area contributed by atoms with Crippen molar-refractivity contribution in [1.29, 1.82) is 0 Å². The summed E-state index contributed by atoms with van der Waals surface area (Å²) in [5, 5.41) is 17.3. The van der Waals surface area contributed by atoms with Crippen molar-refractivity contribution >= 4 is 5.65 Å². The lowest BCUT2D eigenvalue weighted by atomic mass is 10.3. The van der Waals surface area contributed by atoms with Crippen LogP contribution in [0.1, 0.15) is 30.2 Å². The molecule has 0 amide bonds. The summed E-state index contributed by atoms with van der Waals surface area (Å²) in [7, 11) is 0. The molecule has 0 saturated carbocycles. The first kappa shape index (κ1) is 11.8. The standard InChI is InChI=1S/C12H15N7/c1-8-10(19-6-4-3-5-11(19)14-8)7-13-9(2)12-15-17-18-16-12/h3-6,9,13H,7H2,1-2H3,(H,15,16,17,18). The number of tetrazole rings is 1. The smallest absolute Gasteiger partial charge is 0.191 e. The number of H-pyrrole nitrogens is 1. The second-order valence-electron chi connectivity index (χ2n) is 4.45. The quantitative estimate of drug-likeness (QED) is 0.728. The monoisotopic (exact) mass is 257 g/mol. The molecule has 7 nitrogen and oxygen atoms in total. The lowest BCUT2D eigenvalue weighted by Gasteiger charge is -2.10. The van der Waals surface area contributed by atoms with Gasteiger partial charge in [0, 0.05) is 12.7 Å². The fourth-order valence-corrected chi connectivity index (χ4v) is 2.07. The lowest BCUT2D eigenvalue weighted by Crippen LogP contribution is -2.20. The Kier molecular flexibility index (Phi) is 2.96. The van der Waals surface area contributed by atoms with Crippen molar-refractivity contribution in [3.8, 4) is 0 Å². The fraction of sp³-hybridized carbons (Fsp3) is 0.333. The number of hydrogen-bond donors (Lipinski definition) is 2. The van der Waals surface area contributed by atoms with Gasteiger partial charge in [-0.2, -0.15) is 5.21 Å². The number of aromatic amines is 1. The number of aromatic nitrogens is 6. The highest BCUT2D eigenvalue weighted by Crippen LogP contribution is 2.13. The van der Waals surface area contributed by atoms with E-state index >= 15 is 0 Å². The molecular weight excluding hydrogens is 242 g/mol. The topological polar surface area (TPSA) is 83.8 Å². The van der Waals surface area contributed by atoms with Gasteiger partial charge in [0.15, 0.2) is 5.82 Å². The van der Waals surface area contributed by atoms with Crippen LogP contribution in [0.25, 0.3) is 5.65 Å². The number of pyridine rings is 1. The third kappa shape index (κ3) is 2.19. The van der Waals surface area contributed by atoms with Crippen LogP contribution in [-0.2, 0) is 6.54 Å². The van der Waals surface area contributed by atoms with Crippen LogP contribution in [0.15, 0.2) is 24.4 Å². The van der Waals surface area contributed by atoms with E-state index in [1.807, 2.05) is 38.2 Å². The second kappa shape index (κ2) is 4.77. The molecule has 0 aliphatic rings. The molecular formula is C12H15N7. The maximum Gasteiger partial charge on any atom is 0.191 e. The molecule has 1 unspecified atom stereocenters. The Labute approximate surface area is 110 Å². The van der Waals surface area contributed by atoms with Gasteiger partial charge in [-0.1, -0.05) is 11.3 Å². The molecule has 3 heterocycles. The summed E-state index contributed by atoms with van der Waals surface area (Å²) in [6, 6.07) is 6.02. The van der Waals surface area contributed by atoms with Crippen LogP contribution in [0.4, 0.5) is 0 Å². The molecule has 19 heavy (non-hydrogen) atoms. The first-order valence-corrected chi connectivity index (χ1v) is 6.15. The number of fused-ring (bicyclic) bond motifs is 1. The van der Waals surface area contributed by atoms with E-state index in [-0.39, 0.29) is 6.04 Å². The van der Waals surface area contributed by atoms with Gasteiger partial charge < -0.3 is 9.72 Å². The predicted molar refractivity (Wildman–Crippen MR) is 69.4 cm³/mol. The highest BCUT2D eigenvalue weighted by atomic mass is 15.5. The number of aryl methyl sites for hydroxylation is 1. The molecule has 0 aliphatic heterocycles. The summed E-state index contributed by atoms with van der Waals surface area (Å²) >= 11 is 0. The van der Waals surface area contributed by atoms with Gasteiger partial charge in [0.25, 0.3) is 0 Å². The molecule has 0 fully saturated rings. The average Bonchev–Trinajstić information content (AvgIpc) is 3.03. The van der Waals surface area contributed by atoms with Gasteiger partial charge in [0.1, 0.15) is 5.65 Å². The van der Waals surface area contributed by atoms with Gasteiger partial charge in [-0.15, -0.1) is 10.2 Å². The Hall–Kier alpha value is -2.28. The summed E-state index contributed by atoms with van der Waals surface area (Å²) in [5.41, 5.74) is 3.13. The molecule has 3 rings (SSSR count). The van der Waals surface area contributed by atoms with Crippen LogP contribution in [0.5, 0.6) is 0 Å². The summed E-state index contributed by atoms with van der Waals surface area (Å²) in [6.07, 6.45) is 2.02. The van der Waals surface area contributed by atoms with Crippen molar-refractivity contribution in [3.63, 3.8) is 0 Å². The largest absolute Gasteiger partial charge is 0.302 e. The summed E-state index contributed by atoms with van der Waals surface area (Å²) in [6.45, 7) is 4.72. The average molecular weight is 257 g/mol. The first-order chi connectivity index (χ1) is 9.25. The minimum absolute atomic E-state index is 0.0346. The Morgan fingerprint density at radius 1 is 1.42 bits per heavy atom. The SMILES string of the molecule is Cc1nc2ccccn2c1CNC(C)c1nn[nH]n1. The normalized spacial score (nSPS) is 12.9. The third-order valence-electron chi connectivity index (χ3n) is 3.15. The molecule has 1 atom stereocenters. The number of imidazole rings is 1. The van der Waals surface area contributed by atoms with Gasteiger partial charge >= 0.3 is 0 Å². The summed E-state index contributed by atoms with van der Waals surface area (Å²) < 4.78 is 2.09. The van der Waals surface area contributed by atoms with E-state index in [9.17, 15) is 0 Å². The second-order valence-corrected chi connectivity index (χ2v) is 4.45. The van der Waals surface area contributed by atoms with E-state index in [1.165, 1.54) is 0 Å². The highest BCUT2D eigenvalue weighted by Gasteiger charge is 2.12. The molecule has 0 aromatic carbocycles. The van der Waals surface area contributed by atoms with Crippen molar-refractivity contribution in [3.05, 3.63) is 41.6 Å². The molecule has 0 aliphatic carbocycles. The molecule has 0 spiro atoms.